The minimum absolute atomic E-state index is 0.0955. The molecule has 23 heavy (non-hydrogen) atoms. The quantitative estimate of drug-likeness (QED) is 0.380. The van der Waals surface area contributed by atoms with E-state index in [1.807, 2.05) is 30.1 Å². The van der Waals surface area contributed by atoms with Crippen LogP contribution in [0.3, 0.4) is 0 Å². The Hall–Kier alpha value is -3.64. The molecular formula is C15H11N6O2-. The van der Waals surface area contributed by atoms with Crippen LogP contribution in [0, 0.1) is 10.1 Å². The third kappa shape index (κ3) is 2.87. The van der Waals surface area contributed by atoms with Crippen molar-refractivity contribution in [3.63, 3.8) is 0 Å². The molecule has 3 aromatic rings. The number of imidazole rings is 1. The standard InChI is InChI=1S/C15H11N6O2/c16-9-13(15-17-10-5-1-2-6-11(10)18-15)20-19-12-7-3-4-8-14(12)21(22)23/h1-8,19-20H,(H,17,18)/q-1. The van der Waals surface area contributed by atoms with Crippen LogP contribution in [-0.4, -0.2) is 20.8 Å². The molecule has 8 heteroatoms. The minimum atomic E-state index is -0.503. The van der Waals surface area contributed by atoms with Crippen molar-refractivity contribution in [1.29, 1.82) is 0 Å². The van der Waals surface area contributed by atoms with E-state index in [-0.39, 0.29) is 17.1 Å². The molecule has 0 unspecified atom stereocenters. The number of hydrogen-bond acceptors (Lipinski definition) is 5. The molecule has 114 valence electrons. The first-order chi connectivity index (χ1) is 11.2. The van der Waals surface area contributed by atoms with E-state index in [1.54, 1.807) is 18.2 Å². The number of hydrazine groups is 1. The number of aromatic amines is 1. The average Bonchev–Trinajstić information content (AvgIpc) is 2.99. The van der Waals surface area contributed by atoms with E-state index in [1.165, 1.54) is 6.07 Å². The highest BCUT2D eigenvalue weighted by atomic mass is 16.6. The fraction of sp³-hybridized carbons (Fsp3) is 0. The Morgan fingerprint density at radius 1 is 1.22 bits per heavy atom. The van der Waals surface area contributed by atoms with E-state index in [0.717, 1.165) is 11.0 Å². The number of anilines is 1. The summed E-state index contributed by atoms with van der Waals surface area (Å²) in [6, 6.07) is 13.5. The Labute approximate surface area is 130 Å². The van der Waals surface area contributed by atoms with Crippen molar-refractivity contribution < 1.29 is 4.92 Å². The van der Waals surface area contributed by atoms with Crippen molar-refractivity contribution in [2.24, 2.45) is 0 Å². The predicted molar refractivity (Wildman–Crippen MR) is 87.7 cm³/mol. The van der Waals surface area contributed by atoms with Gasteiger partial charge in [-0.1, -0.05) is 24.3 Å². The van der Waals surface area contributed by atoms with Gasteiger partial charge in [0.25, 0.3) is 5.69 Å². The summed E-state index contributed by atoms with van der Waals surface area (Å²) in [6.45, 7) is 0. The fourth-order valence-corrected chi connectivity index (χ4v) is 2.08. The number of rotatable bonds is 5. The SMILES string of the molecule is [N-]=C=C(NNc1ccccc1[N+](=O)[O-])c1nc2ccccc2[nH]1. The lowest BCUT2D eigenvalue weighted by Crippen LogP contribution is -2.21. The first-order valence-electron chi connectivity index (χ1n) is 6.66. The van der Waals surface area contributed by atoms with Crippen LogP contribution in [0.15, 0.2) is 48.5 Å². The molecule has 1 aromatic heterocycles. The van der Waals surface area contributed by atoms with Gasteiger partial charge in [-0.05, 0) is 18.2 Å². The molecule has 0 aliphatic rings. The smallest absolute Gasteiger partial charge is 0.294 e. The molecule has 0 saturated heterocycles. The Morgan fingerprint density at radius 2 is 1.96 bits per heavy atom. The number of nitro benzene ring substituents is 1. The number of fused-ring (bicyclic) bond motifs is 1. The summed E-state index contributed by atoms with van der Waals surface area (Å²) in [5, 5.41) is 20.2. The van der Waals surface area contributed by atoms with Gasteiger partial charge >= 0.3 is 0 Å². The van der Waals surface area contributed by atoms with Gasteiger partial charge in [-0.3, -0.25) is 21.0 Å². The second kappa shape index (κ2) is 6.00. The fourth-order valence-electron chi connectivity index (χ4n) is 2.08. The topological polar surface area (TPSA) is 118 Å². The van der Waals surface area contributed by atoms with E-state index in [2.05, 4.69) is 20.8 Å². The summed E-state index contributed by atoms with van der Waals surface area (Å²) in [5.41, 5.74) is 7.14. The van der Waals surface area contributed by atoms with E-state index >= 15 is 0 Å². The van der Waals surface area contributed by atoms with E-state index in [0.29, 0.717) is 5.82 Å². The maximum atomic E-state index is 11.0. The van der Waals surface area contributed by atoms with Gasteiger partial charge in [-0.25, -0.2) is 10.9 Å². The Balaban J connectivity index is 1.84. The second-order valence-electron chi connectivity index (χ2n) is 4.61. The number of benzene rings is 2. The van der Waals surface area contributed by atoms with E-state index in [9.17, 15) is 15.5 Å². The summed E-state index contributed by atoms with van der Waals surface area (Å²) in [5.74, 6) is 2.32. The average molecular weight is 307 g/mol. The van der Waals surface area contributed by atoms with Crippen molar-refractivity contribution in [3.8, 4) is 0 Å². The first-order valence-corrected chi connectivity index (χ1v) is 6.66. The first kappa shape index (κ1) is 14.3. The molecule has 3 N–H and O–H groups in total. The van der Waals surface area contributed by atoms with Crippen LogP contribution in [0.4, 0.5) is 11.4 Å². The Morgan fingerprint density at radius 3 is 2.70 bits per heavy atom. The monoisotopic (exact) mass is 307 g/mol. The minimum Gasteiger partial charge on any atom is -0.761 e. The van der Waals surface area contributed by atoms with Crippen molar-refractivity contribution in [1.82, 2.24) is 15.4 Å². The van der Waals surface area contributed by atoms with Gasteiger partial charge in [0.2, 0.25) is 0 Å². The molecule has 8 nitrogen and oxygen atoms in total. The van der Waals surface area contributed by atoms with Gasteiger partial charge in [-0.15, -0.1) is 0 Å². The van der Waals surface area contributed by atoms with Gasteiger partial charge in [-0.2, -0.15) is 0 Å². The molecule has 1 heterocycles. The van der Waals surface area contributed by atoms with Gasteiger partial charge in [0.1, 0.15) is 11.4 Å². The van der Waals surface area contributed by atoms with Crippen molar-refractivity contribution in [2.45, 2.75) is 0 Å². The van der Waals surface area contributed by atoms with Crippen LogP contribution in [0.1, 0.15) is 5.82 Å². The van der Waals surface area contributed by atoms with Gasteiger partial charge in [0, 0.05) is 6.07 Å². The van der Waals surface area contributed by atoms with Crippen molar-refractivity contribution >= 4 is 34.0 Å². The number of hydrogen-bond donors (Lipinski definition) is 3. The lowest BCUT2D eigenvalue weighted by Gasteiger charge is -2.11. The highest BCUT2D eigenvalue weighted by Crippen LogP contribution is 2.23. The molecule has 0 atom stereocenters. The number of nitro groups is 1. The van der Waals surface area contributed by atoms with Crippen LogP contribution in [0.5, 0.6) is 0 Å². The second-order valence-corrected chi connectivity index (χ2v) is 4.61. The zero-order chi connectivity index (χ0) is 16.2. The number of H-pyrrole nitrogens is 1. The molecule has 2 aromatic carbocycles. The van der Waals surface area contributed by atoms with Gasteiger partial charge < -0.3 is 10.4 Å². The Kier molecular flexibility index (Phi) is 3.73. The molecule has 0 aliphatic heterocycles. The maximum Gasteiger partial charge on any atom is 0.294 e. The molecule has 0 bridgehead atoms. The number of para-hydroxylation sites is 4. The van der Waals surface area contributed by atoms with Crippen LogP contribution in [0.25, 0.3) is 22.1 Å². The largest absolute Gasteiger partial charge is 0.761 e. The molecule has 0 saturated carbocycles. The van der Waals surface area contributed by atoms with Crippen LogP contribution in [-0.2, 0) is 0 Å². The third-order valence-electron chi connectivity index (χ3n) is 3.16. The molecule has 0 aliphatic carbocycles. The molecule has 0 amide bonds. The zero-order valence-electron chi connectivity index (χ0n) is 11.8. The van der Waals surface area contributed by atoms with E-state index in [4.69, 9.17) is 0 Å². The number of nitrogens with zero attached hydrogens (tertiary/aromatic N) is 3. The Bertz CT molecular complexity index is 893. The normalized spacial score (nSPS) is 10.1. The summed E-state index contributed by atoms with van der Waals surface area (Å²) in [7, 11) is 0. The van der Waals surface area contributed by atoms with Gasteiger partial charge in [0.05, 0.1) is 16.0 Å². The summed E-state index contributed by atoms with van der Waals surface area (Å²) in [6.07, 6.45) is 0. The molecule has 0 spiro atoms. The highest BCUT2D eigenvalue weighted by molar-refractivity contribution is 5.91. The van der Waals surface area contributed by atoms with Crippen molar-refractivity contribution in [2.75, 3.05) is 5.43 Å². The van der Waals surface area contributed by atoms with Crippen LogP contribution in [0.2, 0.25) is 0 Å². The number of nitrogens with one attached hydrogen (secondary N) is 3. The van der Waals surface area contributed by atoms with Crippen molar-refractivity contribution in [3.05, 3.63) is 69.9 Å². The lowest BCUT2D eigenvalue weighted by atomic mass is 10.3. The highest BCUT2D eigenvalue weighted by Gasteiger charge is 2.13. The van der Waals surface area contributed by atoms with Gasteiger partial charge in [0.15, 0.2) is 5.82 Å². The molecular weight excluding hydrogens is 296 g/mol. The third-order valence-corrected chi connectivity index (χ3v) is 3.16. The molecule has 0 radical (unpaired) electrons. The zero-order valence-corrected chi connectivity index (χ0v) is 11.8. The lowest BCUT2D eigenvalue weighted by molar-refractivity contribution is -0.384. The van der Waals surface area contributed by atoms with E-state index < -0.39 is 4.92 Å². The summed E-state index contributed by atoms with van der Waals surface area (Å²) < 4.78 is 0. The molecule has 3 rings (SSSR count). The maximum absolute atomic E-state index is 11.0. The summed E-state index contributed by atoms with van der Waals surface area (Å²) in [4.78, 5) is 17.8. The molecule has 0 fully saturated rings. The van der Waals surface area contributed by atoms with Crippen LogP contribution < -0.4 is 10.9 Å². The predicted octanol–water partition coefficient (Wildman–Crippen LogP) is 2.67. The van der Waals surface area contributed by atoms with Crippen LogP contribution >= 0.6 is 0 Å². The summed E-state index contributed by atoms with van der Waals surface area (Å²) >= 11 is 0. The number of aromatic nitrogens is 2.